The van der Waals surface area contributed by atoms with Gasteiger partial charge in [0.25, 0.3) is 0 Å². The summed E-state index contributed by atoms with van der Waals surface area (Å²) in [6, 6.07) is 3.52. The second-order valence-electron chi connectivity index (χ2n) is 4.73. The molecule has 20 heavy (non-hydrogen) atoms. The number of rotatable bonds is 3. The smallest absolute Gasteiger partial charge is 0.161 e. The van der Waals surface area contributed by atoms with Gasteiger partial charge in [-0.3, -0.25) is 9.69 Å². The highest BCUT2D eigenvalue weighted by Gasteiger charge is 2.20. The number of ketones is 1. The average Bonchev–Trinajstić information content (AvgIpc) is 2.41. The summed E-state index contributed by atoms with van der Waals surface area (Å²) < 4.78 is 5.12. The molecule has 3 nitrogen and oxygen atoms in total. The van der Waals surface area contributed by atoms with Crippen molar-refractivity contribution in [2.45, 2.75) is 13.3 Å². The third-order valence-electron chi connectivity index (χ3n) is 3.42. The van der Waals surface area contributed by atoms with Crippen LogP contribution >= 0.6 is 23.2 Å². The van der Waals surface area contributed by atoms with Crippen LogP contribution in [0.2, 0.25) is 10.0 Å². The number of hydrogen-bond donors (Lipinski definition) is 0. The number of carbonyl (C=O) groups excluding carboxylic acids is 1. The van der Waals surface area contributed by atoms with E-state index in [2.05, 4.69) is 11.8 Å². The Morgan fingerprint density at radius 2 is 2.00 bits per heavy atom. The Balaban J connectivity index is 2.32. The van der Waals surface area contributed by atoms with Crippen molar-refractivity contribution in [3.63, 3.8) is 0 Å². The highest BCUT2D eigenvalue weighted by Crippen LogP contribution is 2.34. The fourth-order valence-corrected chi connectivity index (χ4v) is 2.94. The van der Waals surface area contributed by atoms with Crippen molar-refractivity contribution < 1.29 is 9.53 Å². The quantitative estimate of drug-likeness (QED) is 0.797. The molecular weight excluding hydrogens is 297 g/mol. The molecule has 0 N–H and O–H groups in total. The molecule has 0 radical (unpaired) electrons. The molecule has 5 heteroatoms. The van der Waals surface area contributed by atoms with Gasteiger partial charge in [0.2, 0.25) is 0 Å². The van der Waals surface area contributed by atoms with Crippen LogP contribution in [-0.4, -0.2) is 37.4 Å². The largest absolute Gasteiger partial charge is 0.494 e. The Bertz CT molecular complexity index is 532. The van der Waals surface area contributed by atoms with Gasteiger partial charge in [-0.05, 0) is 30.3 Å². The molecule has 1 aromatic rings. The lowest BCUT2D eigenvalue weighted by Gasteiger charge is -2.26. The van der Waals surface area contributed by atoms with E-state index in [1.165, 1.54) is 7.11 Å². The monoisotopic (exact) mass is 313 g/mol. The number of likely N-dealkylation sites (N-methyl/N-ethyl adjacent to an activating group) is 1. The standard InChI is InChI=1S/C15H17Cl2NO2/c1-3-18-5-4-14(19)11(9-18)6-10-7-12(16)15(20-2)13(17)8-10/h6-8H,3-5,9H2,1-2H3/b11-6+. The van der Waals surface area contributed by atoms with Gasteiger partial charge in [-0.2, -0.15) is 0 Å². The predicted molar refractivity (Wildman–Crippen MR) is 82.7 cm³/mol. The first-order valence-electron chi connectivity index (χ1n) is 6.54. The Morgan fingerprint density at radius 3 is 2.55 bits per heavy atom. The number of likely N-dealkylation sites (tertiary alicyclic amines) is 1. The molecular formula is C15H17Cl2NO2. The van der Waals surface area contributed by atoms with E-state index in [9.17, 15) is 4.79 Å². The molecule has 1 aliphatic heterocycles. The van der Waals surface area contributed by atoms with E-state index in [1.807, 2.05) is 6.08 Å². The number of Topliss-reactive ketones (excluding diaryl/α,β-unsaturated/α-hetero) is 1. The highest BCUT2D eigenvalue weighted by atomic mass is 35.5. The minimum Gasteiger partial charge on any atom is -0.494 e. The Kier molecular flexibility index (Phi) is 5.08. The maximum Gasteiger partial charge on any atom is 0.161 e. The van der Waals surface area contributed by atoms with Crippen molar-refractivity contribution in [2.24, 2.45) is 0 Å². The molecule has 1 aromatic carbocycles. The molecule has 0 atom stereocenters. The molecule has 0 aliphatic carbocycles. The van der Waals surface area contributed by atoms with E-state index in [0.29, 0.717) is 28.8 Å². The van der Waals surface area contributed by atoms with Crippen LogP contribution in [-0.2, 0) is 4.79 Å². The van der Waals surface area contributed by atoms with Crippen LogP contribution in [0.4, 0.5) is 0 Å². The van der Waals surface area contributed by atoms with Crippen LogP contribution in [0.1, 0.15) is 18.9 Å². The van der Waals surface area contributed by atoms with E-state index >= 15 is 0 Å². The predicted octanol–water partition coefficient (Wildman–Crippen LogP) is 3.68. The van der Waals surface area contributed by atoms with Gasteiger partial charge in [-0.25, -0.2) is 0 Å². The lowest BCUT2D eigenvalue weighted by Crippen LogP contribution is -2.35. The van der Waals surface area contributed by atoms with Gasteiger partial charge < -0.3 is 4.74 Å². The van der Waals surface area contributed by atoms with Crippen LogP contribution in [0.5, 0.6) is 5.75 Å². The summed E-state index contributed by atoms with van der Waals surface area (Å²) in [4.78, 5) is 14.2. The van der Waals surface area contributed by atoms with E-state index < -0.39 is 0 Å². The zero-order valence-electron chi connectivity index (χ0n) is 11.6. The fourth-order valence-electron chi connectivity index (χ4n) is 2.28. The van der Waals surface area contributed by atoms with Crippen molar-refractivity contribution in [3.8, 4) is 5.75 Å². The van der Waals surface area contributed by atoms with E-state index in [-0.39, 0.29) is 5.78 Å². The zero-order chi connectivity index (χ0) is 14.7. The number of hydrogen-bond acceptors (Lipinski definition) is 3. The fraction of sp³-hybridized carbons (Fsp3) is 0.400. The number of methoxy groups -OCH3 is 1. The highest BCUT2D eigenvalue weighted by molar-refractivity contribution is 6.37. The molecule has 0 aromatic heterocycles. The van der Waals surface area contributed by atoms with Gasteiger partial charge in [-0.1, -0.05) is 30.1 Å². The maximum absolute atomic E-state index is 12.0. The van der Waals surface area contributed by atoms with Crippen molar-refractivity contribution in [1.82, 2.24) is 4.90 Å². The first-order chi connectivity index (χ1) is 9.55. The first-order valence-corrected chi connectivity index (χ1v) is 7.30. The van der Waals surface area contributed by atoms with Gasteiger partial charge >= 0.3 is 0 Å². The first kappa shape index (κ1) is 15.4. The summed E-state index contributed by atoms with van der Waals surface area (Å²) >= 11 is 12.2. The lowest BCUT2D eigenvalue weighted by molar-refractivity contribution is -0.117. The molecule has 0 spiro atoms. The molecule has 2 rings (SSSR count). The summed E-state index contributed by atoms with van der Waals surface area (Å²) in [5.41, 5.74) is 1.62. The number of ether oxygens (including phenoxy) is 1. The molecule has 1 saturated heterocycles. The summed E-state index contributed by atoms with van der Waals surface area (Å²) in [5, 5.41) is 0.893. The normalized spacial score (nSPS) is 18.6. The number of piperidine rings is 1. The van der Waals surface area contributed by atoms with Gasteiger partial charge in [-0.15, -0.1) is 0 Å². The number of nitrogens with zero attached hydrogens (tertiary/aromatic N) is 1. The molecule has 0 saturated carbocycles. The summed E-state index contributed by atoms with van der Waals surface area (Å²) in [7, 11) is 1.52. The van der Waals surface area contributed by atoms with Crippen molar-refractivity contribution in [1.29, 1.82) is 0 Å². The number of benzene rings is 1. The van der Waals surface area contributed by atoms with Crippen molar-refractivity contribution in [2.75, 3.05) is 26.7 Å². The molecule has 108 valence electrons. The maximum atomic E-state index is 12.0. The topological polar surface area (TPSA) is 29.5 Å². The SMILES string of the molecule is CCN1CCC(=O)/C(=C/c2cc(Cl)c(OC)c(Cl)c2)C1. The van der Waals surface area contributed by atoms with Gasteiger partial charge in [0, 0.05) is 25.1 Å². The van der Waals surface area contributed by atoms with Crippen LogP contribution in [0, 0.1) is 0 Å². The molecule has 0 amide bonds. The van der Waals surface area contributed by atoms with Crippen molar-refractivity contribution in [3.05, 3.63) is 33.3 Å². The Labute approximate surface area is 129 Å². The second-order valence-corrected chi connectivity index (χ2v) is 5.54. The van der Waals surface area contributed by atoms with E-state index in [4.69, 9.17) is 27.9 Å². The number of halogens is 2. The summed E-state index contributed by atoms with van der Waals surface area (Å²) in [6.45, 7) is 4.54. The molecule has 0 unspecified atom stereocenters. The second kappa shape index (κ2) is 6.61. The minimum atomic E-state index is 0.192. The van der Waals surface area contributed by atoms with Crippen LogP contribution < -0.4 is 4.74 Å². The number of carbonyl (C=O) groups is 1. The average molecular weight is 314 g/mol. The van der Waals surface area contributed by atoms with E-state index in [1.54, 1.807) is 12.1 Å². The minimum absolute atomic E-state index is 0.192. The molecule has 1 aliphatic rings. The van der Waals surface area contributed by atoms with Gasteiger partial charge in [0.15, 0.2) is 11.5 Å². The Hall–Kier alpha value is -1.03. The van der Waals surface area contributed by atoms with Gasteiger partial charge in [0.1, 0.15) is 0 Å². The van der Waals surface area contributed by atoms with Crippen LogP contribution in [0.25, 0.3) is 6.08 Å². The third-order valence-corrected chi connectivity index (χ3v) is 3.98. The van der Waals surface area contributed by atoms with E-state index in [0.717, 1.165) is 24.2 Å². The Morgan fingerprint density at radius 1 is 1.35 bits per heavy atom. The third kappa shape index (κ3) is 3.35. The van der Waals surface area contributed by atoms with Crippen LogP contribution in [0.15, 0.2) is 17.7 Å². The lowest BCUT2D eigenvalue weighted by atomic mass is 10.0. The summed E-state index contributed by atoms with van der Waals surface area (Å²) in [5.74, 6) is 0.651. The van der Waals surface area contributed by atoms with Gasteiger partial charge in [0.05, 0.1) is 17.2 Å². The molecule has 1 fully saturated rings. The zero-order valence-corrected chi connectivity index (χ0v) is 13.1. The van der Waals surface area contributed by atoms with Crippen molar-refractivity contribution >= 4 is 35.1 Å². The molecule has 0 bridgehead atoms. The summed E-state index contributed by atoms with van der Waals surface area (Å²) in [6.07, 6.45) is 2.43. The van der Waals surface area contributed by atoms with Crippen LogP contribution in [0.3, 0.4) is 0 Å². The molecule has 1 heterocycles.